The van der Waals surface area contributed by atoms with Crippen LogP contribution in [0.1, 0.15) is 17.5 Å². The Kier molecular flexibility index (Phi) is 4.68. The molecular weight excluding hydrogens is 280 g/mol. The Morgan fingerprint density at radius 3 is 2.81 bits per heavy atom. The van der Waals surface area contributed by atoms with Crippen molar-refractivity contribution in [2.75, 3.05) is 17.7 Å². The first-order chi connectivity index (χ1) is 10.3. The van der Waals surface area contributed by atoms with E-state index in [1.54, 1.807) is 0 Å². The van der Waals surface area contributed by atoms with Gasteiger partial charge in [-0.25, -0.2) is 0 Å². The van der Waals surface area contributed by atoms with Crippen LogP contribution in [-0.4, -0.2) is 16.6 Å². The predicted octanol–water partition coefficient (Wildman–Crippen LogP) is 2.90. The SMILES string of the molecule is O=S1CNc2ccc(CCCNCc3ccccc3)cc21. The van der Waals surface area contributed by atoms with Gasteiger partial charge in [0.25, 0.3) is 0 Å². The van der Waals surface area contributed by atoms with Gasteiger partial charge in [0.2, 0.25) is 0 Å². The second-order valence-corrected chi connectivity index (χ2v) is 6.68. The molecule has 3 nitrogen and oxygen atoms in total. The zero-order valence-electron chi connectivity index (χ0n) is 12.0. The van der Waals surface area contributed by atoms with Gasteiger partial charge in [0.1, 0.15) is 0 Å². The molecule has 0 radical (unpaired) electrons. The lowest BCUT2D eigenvalue weighted by molar-refractivity contribution is 0.649. The highest BCUT2D eigenvalue weighted by Gasteiger charge is 2.17. The lowest BCUT2D eigenvalue weighted by Gasteiger charge is -2.06. The van der Waals surface area contributed by atoms with Crippen molar-refractivity contribution >= 4 is 16.5 Å². The summed E-state index contributed by atoms with van der Waals surface area (Å²) in [7, 11) is -0.869. The molecule has 0 bridgehead atoms. The fourth-order valence-electron chi connectivity index (χ4n) is 2.52. The molecule has 1 unspecified atom stereocenters. The van der Waals surface area contributed by atoms with Crippen LogP contribution in [0, 0.1) is 0 Å². The Morgan fingerprint density at radius 1 is 1.10 bits per heavy atom. The van der Waals surface area contributed by atoms with Crippen LogP contribution in [0.25, 0.3) is 0 Å². The number of hydrogen-bond acceptors (Lipinski definition) is 3. The molecule has 0 amide bonds. The van der Waals surface area contributed by atoms with Crippen LogP contribution in [0.15, 0.2) is 53.4 Å². The first-order valence-electron chi connectivity index (χ1n) is 7.33. The summed E-state index contributed by atoms with van der Waals surface area (Å²) < 4.78 is 11.8. The van der Waals surface area contributed by atoms with E-state index in [2.05, 4.69) is 47.0 Å². The van der Waals surface area contributed by atoms with E-state index in [9.17, 15) is 4.21 Å². The number of benzene rings is 2. The summed E-state index contributed by atoms with van der Waals surface area (Å²) >= 11 is 0. The normalized spacial score (nSPS) is 16.5. The average Bonchev–Trinajstić information content (AvgIpc) is 2.89. The van der Waals surface area contributed by atoms with Crippen molar-refractivity contribution in [3.05, 3.63) is 59.7 Å². The molecule has 0 saturated carbocycles. The maximum Gasteiger partial charge on any atom is 0.0959 e. The first kappa shape index (κ1) is 14.3. The van der Waals surface area contributed by atoms with Crippen molar-refractivity contribution in [3.8, 4) is 0 Å². The monoisotopic (exact) mass is 300 g/mol. The van der Waals surface area contributed by atoms with Crippen LogP contribution >= 0.6 is 0 Å². The maximum atomic E-state index is 11.8. The minimum atomic E-state index is -0.869. The van der Waals surface area contributed by atoms with E-state index in [-0.39, 0.29) is 0 Å². The van der Waals surface area contributed by atoms with E-state index in [1.165, 1.54) is 11.1 Å². The molecule has 0 aliphatic carbocycles. The number of aryl methyl sites for hydroxylation is 1. The van der Waals surface area contributed by atoms with Gasteiger partial charge in [-0.2, -0.15) is 0 Å². The molecule has 0 saturated heterocycles. The van der Waals surface area contributed by atoms with Crippen molar-refractivity contribution < 1.29 is 4.21 Å². The van der Waals surface area contributed by atoms with Gasteiger partial charge in [-0.05, 0) is 42.6 Å². The Labute approximate surface area is 128 Å². The number of rotatable bonds is 6. The van der Waals surface area contributed by atoms with E-state index in [1.807, 2.05) is 12.1 Å². The maximum absolute atomic E-state index is 11.8. The van der Waals surface area contributed by atoms with E-state index < -0.39 is 10.8 Å². The molecule has 0 aromatic heterocycles. The fourth-order valence-corrected chi connectivity index (χ4v) is 3.63. The molecular formula is C17H20N2OS. The summed E-state index contributed by atoms with van der Waals surface area (Å²) in [6, 6.07) is 16.7. The second kappa shape index (κ2) is 6.87. The van der Waals surface area contributed by atoms with E-state index in [0.29, 0.717) is 5.88 Å². The number of fused-ring (bicyclic) bond motifs is 1. The molecule has 1 aliphatic heterocycles. The highest BCUT2D eigenvalue weighted by molar-refractivity contribution is 7.85. The van der Waals surface area contributed by atoms with E-state index >= 15 is 0 Å². The molecule has 4 heteroatoms. The zero-order valence-corrected chi connectivity index (χ0v) is 12.8. The molecule has 0 spiro atoms. The molecule has 2 aromatic rings. The van der Waals surface area contributed by atoms with Crippen LogP contribution in [0.4, 0.5) is 5.69 Å². The highest BCUT2D eigenvalue weighted by atomic mass is 32.2. The van der Waals surface area contributed by atoms with Gasteiger partial charge in [-0.1, -0.05) is 36.4 Å². The Balaban J connectivity index is 1.44. The standard InChI is InChI=1S/C17H20N2OS/c20-21-13-19-16-9-8-14(11-17(16)21)7-4-10-18-12-15-5-2-1-3-6-15/h1-3,5-6,8-9,11,18-19H,4,7,10,12-13H2. The predicted molar refractivity (Wildman–Crippen MR) is 87.8 cm³/mol. The van der Waals surface area contributed by atoms with Crippen molar-refractivity contribution in [1.82, 2.24) is 5.32 Å². The smallest absolute Gasteiger partial charge is 0.0959 e. The summed E-state index contributed by atoms with van der Waals surface area (Å²) in [5.74, 6) is 0.553. The van der Waals surface area contributed by atoms with Gasteiger partial charge in [-0.3, -0.25) is 4.21 Å². The number of nitrogens with one attached hydrogen (secondary N) is 2. The molecule has 2 aromatic carbocycles. The molecule has 110 valence electrons. The second-order valence-electron chi connectivity index (χ2n) is 5.26. The lowest BCUT2D eigenvalue weighted by atomic mass is 10.1. The average molecular weight is 300 g/mol. The van der Waals surface area contributed by atoms with Crippen molar-refractivity contribution in [3.63, 3.8) is 0 Å². The van der Waals surface area contributed by atoms with Crippen LogP contribution in [-0.2, 0) is 23.8 Å². The Bertz CT molecular complexity index is 628. The Morgan fingerprint density at radius 2 is 1.95 bits per heavy atom. The summed E-state index contributed by atoms with van der Waals surface area (Å²) in [6.07, 6.45) is 2.11. The van der Waals surface area contributed by atoms with Crippen molar-refractivity contribution in [1.29, 1.82) is 0 Å². The molecule has 1 aliphatic rings. The molecule has 1 heterocycles. The minimum Gasteiger partial charge on any atom is -0.372 e. The van der Waals surface area contributed by atoms with Crippen molar-refractivity contribution in [2.24, 2.45) is 0 Å². The molecule has 0 fully saturated rings. The number of anilines is 1. The molecule has 2 N–H and O–H groups in total. The first-order valence-corrected chi connectivity index (χ1v) is 8.64. The third-order valence-corrected chi connectivity index (χ3v) is 4.91. The number of hydrogen-bond donors (Lipinski definition) is 2. The summed E-state index contributed by atoms with van der Waals surface area (Å²) in [5.41, 5.74) is 3.61. The molecule has 3 rings (SSSR count). The minimum absolute atomic E-state index is 0.553. The van der Waals surface area contributed by atoms with Gasteiger partial charge < -0.3 is 10.6 Å². The van der Waals surface area contributed by atoms with E-state index in [0.717, 1.165) is 36.5 Å². The van der Waals surface area contributed by atoms with Crippen LogP contribution < -0.4 is 10.6 Å². The van der Waals surface area contributed by atoms with Crippen LogP contribution in [0.5, 0.6) is 0 Å². The zero-order chi connectivity index (χ0) is 14.5. The van der Waals surface area contributed by atoms with Crippen molar-refractivity contribution in [2.45, 2.75) is 24.3 Å². The molecule has 21 heavy (non-hydrogen) atoms. The fraction of sp³-hybridized carbons (Fsp3) is 0.294. The van der Waals surface area contributed by atoms with Crippen LogP contribution in [0.2, 0.25) is 0 Å². The summed E-state index contributed by atoms with van der Waals surface area (Å²) in [4.78, 5) is 0.963. The van der Waals surface area contributed by atoms with Gasteiger partial charge in [0.15, 0.2) is 0 Å². The quantitative estimate of drug-likeness (QED) is 0.806. The third kappa shape index (κ3) is 3.71. The van der Waals surface area contributed by atoms with Gasteiger partial charge in [0, 0.05) is 6.54 Å². The topological polar surface area (TPSA) is 41.1 Å². The summed E-state index contributed by atoms with van der Waals surface area (Å²) in [5, 5.41) is 6.62. The van der Waals surface area contributed by atoms with Gasteiger partial charge in [-0.15, -0.1) is 0 Å². The highest BCUT2D eigenvalue weighted by Crippen LogP contribution is 2.27. The van der Waals surface area contributed by atoms with E-state index in [4.69, 9.17) is 0 Å². The van der Waals surface area contributed by atoms with Gasteiger partial charge >= 0.3 is 0 Å². The largest absolute Gasteiger partial charge is 0.372 e. The third-order valence-electron chi connectivity index (χ3n) is 3.68. The van der Waals surface area contributed by atoms with Crippen LogP contribution in [0.3, 0.4) is 0 Å². The Hall–Kier alpha value is -1.65. The van der Waals surface area contributed by atoms with Gasteiger partial charge in [0.05, 0.1) is 27.3 Å². The molecule has 1 atom stereocenters. The summed E-state index contributed by atoms with van der Waals surface area (Å²) in [6.45, 7) is 1.91. The lowest BCUT2D eigenvalue weighted by Crippen LogP contribution is -2.15.